The number of fused-ring (bicyclic) bond motifs is 2. The minimum Gasteiger partial charge on any atom is -0.373 e. The molecule has 2 aromatic rings. The third-order valence-electron chi connectivity index (χ3n) is 4.95. The van der Waals surface area contributed by atoms with E-state index in [1.807, 2.05) is 6.92 Å². The van der Waals surface area contributed by atoms with Crippen molar-refractivity contribution in [3.63, 3.8) is 0 Å². The van der Waals surface area contributed by atoms with Gasteiger partial charge in [-0.2, -0.15) is 0 Å². The lowest BCUT2D eigenvalue weighted by Crippen LogP contribution is -2.50. The van der Waals surface area contributed by atoms with Crippen LogP contribution in [0.5, 0.6) is 0 Å². The van der Waals surface area contributed by atoms with E-state index in [0.29, 0.717) is 23.9 Å². The number of nitrogens with zero attached hydrogens (tertiary/aromatic N) is 3. The van der Waals surface area contributed by atoms with Crippen molar-refractivity contribution in [3.8, 4) is 0 Å². The average Bonchev–Trinajstić information content (AvgIpc) is 3.24. The van der Waals surface area contributed by atoms with Crippen LogP contribution in [-0.2, 0) is 11.2 Å². The Balaban J connectivity index is 1.39. The second-order valence-electron chi connectivity index (χ2n) is 6.52. The summed E-state index contributed by atoms with van der Waals surface area (Å²) in [5.41, 5.74) is 1.82. The lowest BCUT2D eigenvalue weighted by Gasteiger charge is -2.35. The zero-order valence-electron chi connectivity index (χ0n) is 13.8. The molecule has 7 heteroatoms. The van der Waals surface area contributed by atoms with Gasteiger partial charge in [0.15, 0.2) is 0 Å². The first kappa shape index (κ1) is 15.5. The fourth-order valence-electron chi connectivity index (χ4n) is 3.58. The number of ether oxygens (including phenoxy) is 1. The van der Waals surface area contributed by atoms with E-state index in [1.54, 1.807) is 6.07 Å². The molecular formula is C17H22N4O3. The Morgan fingerprint density at radius 1 is 1.50 bits per heavy atom. The van der Waals surface area contributed by atoms with Gasteiger partial charge in [0.05, 0.1) is 29.4 Å². The van der Waals surface area contributed by atoms with Crippen molar-refractivity contribution in [3.05, 3.63) is 23.5 Å². The summed E-state index contributed by atoms with van der Waals surface area (Å²) < 4.78 is 11.0. The van der Waals surface area contributed by atoms with Crippen LogP contribution >= 0.6 is 0 Å². The summed E-state index contributed by atoms with van der Waals surface area (Å²) >= 11 is 0. The molecule has 2 aliphatic heterocycles. The number of aryl methyl sites for hydroxylation is 1. The van der Waals surface area contributed by atoms with Crippen molar-refractivity contribution in [2.24, 2.45) is 0 Å². The molecule has 1 amide bonds. The van der Waals surface area contributed by atoms with E-state index in [0.717, 1.165) is 37.2 Å². The van der Waals surface area contributed by atoms with Gasteiger partial charge in [0.25, 0.3) is 11.6 Å². The number of morpholine rings is 1. The van der Waals surface area contributed by atoms with Crippen molar-refractivity contribution in [2.75, 3.05) is 26.2 Å². The van der Waals surface area contributed by atoms with E-state index in [2.05, 4.69) is 20.4 Å². The van der Waals surface area contributed by atoms with Crippen LogP contribution in [-0.4, -0.2) is 59.3 Å². The second-order valence-corrected chi connectivity index (χ2v) is 6.52. The van der Waals surface area contributed by atoms with Gasteiger partial charge in [0, 0.05) is 25.3 Å². The molecule has 0 saturated carbocycles. The molecule has 128 valence electrons. The standard InChI is InChI=1S/C17H22N4O3/c1-2-15-14-6-11(7-19-17(14)24-20-15)16(22)18-8-13-9-21-5-3-4-12(21)10-23-13/h6-7,12-13H,2-5,8-10H2,1H3,(H,18,22). The van der Waals surface area contributed by atoms with Gasteiger partial charge in [-0.15, -0.1) is 0 Å². The molecule has 2 unspecified atom stereocenters. The lowest BCUT2D eigenvalue weighted by molar-refractivity contribution is -0.0461. The molecule has 4 rings (SSSR count). The Kier molecular flexibility index (Phi) is 4.20. The first-order valence-corrected chi connectivity index (χ1v) is 8.62. The summed E-state index contributed by atoms with van der Waals surface area (Å²) in [6.07, 6.45) is 4.80. The van der Waals surface area contributed by atoms with Crippen LogP contribution in [0.1, 0.15) is 35.8 Å². The Morgan fingerprint density at radius 3 is 3.29 bits per heavy atom. The smallest absolute Gasteiger partial charge is 0.257 e. The van der Waals surface area contributed by atoms with Gasteiger partial charge in [0.2, 0.25) is 0 Å². The molecule has 2 aliphatic rings. The highest BCUT2D eigenvalue weighted by Gasteiger charge is 2.32. The van der Waals surface area contributed by atoms with Gasteiger partial charge in [0.1, 0.15) is 0 Å². The minimum atomic E-state index is -0.139. The van der Waals surface area contributed by atoms with Gasteiger partial charge in [-0.25, -0.2) is 4.98 Å². The molecule has 0 radical (unpaired) electrons. The number of nitrogens with one attached hydrogen (secondary N) is 1. The normalized spacial score (nSPS) is 24.2. The van der Waals surface area contributed by atoms with Crippen molar-refractivity contribution in [2.45, 2.75) is 38.3 Å². The Morgan fingerprint density at radius 2 is 2.42 bits per heavy atom. The molecule has 0 aliphatic carbocycles. The number of hydrogen-bond donors (Lipinski definition) is 1. The SMILES string of the molecule is CCc1noc2ncc(C(=O)NCC3CN4CCCC4CO3)cc12. The molecule has 0 spiro atoms. The van der Waals surface area contributed by atoms with Gasteiger partial charge in [-0.1, -0.05) is 12.1 Å². The molecule has 4 heterocycles. The maximum atomic E-state index is 12.4. The molecule has 2 saturated heterocycles. The largest absolute Gasteiger partial charge is 0.373 e. The molecule has 2 atom stereocenters. The van der Waals surface area contributed by atoms with Gasteiger partial charge >= 0.3 is 0 Å². The summed E-state index contributed by atoms with van der Waals surface area (Å²) in [4.78, 5) is 19.1. The van der Waals surface area contributed by atoms with Gasteiger partial charge < -0.3 is 14.6 Å². The zero-order valence-corrected chi connectivity index (χ0v) is 13.8. The summed E-state index contributed by atoms with van der Waals surface area (Å²) in [6.45, 7) is 5.33. The average molecular weight is 330 g/mol. The quantitative estimate of drug-likeness (QED) is 0.912. The van der Waals surface area contributed by atoms with Crippen LogP contribution in [0.25, 0.3) is 11.1 Å². The van der Waals surface area contributed by atoms with E-state index in [-0.39, 0.29) is 12.0 Å². The van der Waals surface area contributed by atoms with Crippen LogP contribution in [0.3, 0.4) is 0 Å². The van der Waals surface area contributed by atoms with E-state index in [9.17, 15) is 4.79 Å². The highest BCUT2D eigenvalue weighted by Crippen LogP contribution is 2.22. The van der Waals surface area contributed by atoms with Crippen LogP contribution < -0.4 is 5.32 Å². The van der Waals surface area contributed by atoms with Gasteiger partial charge in [-0.05, 0) is 31.9 Å². The molecule has 24 heavy (non-hydrogen) atoms. The fourth-order valence-corrected chi connectivity index (χ4v) is 3.58. The first-order chi connectivity index (χ1) is 11.7. The van der Waals surface area contributed by atoms with E-state index < -0.39 is 0 Å². The fraction of sp³-hybridized carbons (Fsp3) is 0.588. The number of hydrogen-bond acceptors (Lipinski definition) is 6. The Labute approximate surface area is 140 Å². The highest BCUT2D eigenvalue weighted by molar-refractivity contribution is 5.97. The Bertz CT molecular complexity index is 745. The van der Waals surface area contributed by atoms with Crippen LogP contribution in [0.2, 0.25) is 0 Å². The highest BCUT2D eigenvalue weighted by atomic mass is 16.5. The first-order valence-electron chi connectivity index (χ1n) is 8.62. The molecule has 2 aromatic heterocycles. The number of carbonyl (C=O) groups is 1. The van der Waals surface area contributed by atoms with E-state index in [1.165, 1.54) is 19.0 Å². The number of aromatic nitrogens is 2. The summed E-state index contributed by atoms with van der Waals surface area (Å²) in [7, 11) is 0. The summed E-state index contributed by atoms with van der Waals surface area (Å²) in [5.74, 6) is -0.139. The maximum absolute atomic E-state index is 12.4. The predicted molar refractivity (Wildman–Crippen MR) is 87.9 cm³/mol. The number of amides is 1. The Hall–Kier alpha value is -1.99. The topological polar surface area (TPSA) is 80.5 Å². The van der Waals surface area contributed by atoms with Gasteiger partial charge in [-0.3, -0.25) is 9.69 Å². The summed E-state index contributed by atoms with van der Waals surface area (Å²) in [5, 5.41) is 7.74. The minimum absolute atomic E-state index is 0.0572. The van der Waals surface area contributed by atoms with Crippen LogP contribution in [0.4, 0.5) is 0 Å². The third-order valence-corrected chi connectivity index (χ3v) is 4.95. The molecule has 1 N–H and O–H groups in total. The number of carbonyl (C=O) groups excluding carboxylic acids is 1. The monoisotopic (exact) mass is 330 g/mol. The second kappa shape index (κ2) is 6.49. The predicted octanol–water partition coefficient (Wildman–Crippen LogP) is 1.38. The number of pyridine rings is 1. The van der Waals surface area contributed by atoms with Crippen molar-refractivity contribution >= 4 is 17.0 Å². The number of rotatable bonds is 4. The molecule has 0 bridgehead atoms. The van der Waals surface area contributed by atoms with E-state index >= 15 is 0 Å². The molecule has 7 nitrogen and oxygen atoms in total. The summed E-state index contributed by atoms with van der Waals surface area (Å²) in [6, 6.07) is 2.37. The maximum Gasteiger partial charge on any atom is 0.257 e. The van der Waals surface area contributed by atoms with Crippen molar-refractivity contribution in [1.82, 2.24) is 20.4 Å². The molecule has 0 aromatic carbocycles. The van der Waals surface area contributed by atoms with Crippen LogP contribution in [0.15, 0.2) is 16.8 Å². The zero-order chi connectivity index (χ0) is 16.5. The molecular weight excluding hydrogens is 308 g/mol. The van der Waals surface area contributed by atoms with Crippen LogP contribution in [0, 0.1) is 0 Å². The van der Waals surface area contributed by atoms with Crippen molar-refractivity contribution in [1.29, 1.82) is 0 Å². The lowest BCUT2D eigenvalue weighted by atomic mass is 10.1. The molecule has 2 fully saturated rings. The third kappa shape index (κ3) is 2.89. The van der Waals surface area contributed by atoms with Crippen molar-refractivity contribution < 1.29 is 14.1 Å². The van der Waals surface area contributed by atoms with E-state index in [4.69, 9.17) is 9.26 Å².